The van der Waals surface area contributed by atoms with Gasteiger partial charge in [-0.15, -0.1) is 0 Å². The van der Waals surface area contributed by atoms with Gasteiger partial charge in [-0.1, -0.05) is 44.8 Å². The molecule has 0 saturated heterocycles. The highest BCUT2D eigenvalue weighted by Crippen LogP contribution is 2.34. The van der Waals surface area contributed by atoms with Gasteiger partial charge in [-0.05, 0) is 30.5 Å². The molecule has 2 heterocycles. The van der Waals surface area contributed by atoms with Crippen molar-refractivity contribution in [3.63, 3.8) is 0 Å². The first-order valence-electron chi connectivity index (χ1n) is 9.45. The molecule has 0 N–H and O–H groups in total. The Morgan fingerprint density at radius 1 is 1.08 bits per heavy atom. The third-order valence-corrected chi connectivity index (χ3v) is 5.12. The third kappa shape index (κ3) is 3.70. The largest absolute Gasteiger partial charge is 0.454 e. The molecular formula is C20H27N3O3. The van der Waals surface area contributed by atoms with Crippen LogP contribution in [0.3, 0.4) is 0 Å². The molecule has 6 heteroatoms. The summed E-state index contributed by atoms with van der Waals surface area (Å²) in [5, 5.41) is 4.22. The molecule has 6 nitrogen and oxygen atoms in total. The van der Waals surface area contributed by atoms with Crippen molar-refractivity contribution in [2.75, 3.05) is 6.79 Å². The number of aromatic nitrogens is 2. The van der Waals surface area contributed by atoms with E-state index in [-0.39, 0.29) is 5.41 Å². The van der Waals surface area contributed by atoms with E-state index in [0.717, 1.165) is 23.9 Å². The monoisotopic (exact) mass is 357 g/mol. The van der Waals surface area contributed by atoms with Crippen molar-refractivity contribution in [3.8, 4) is 11.5 Å². The van der Waals surface area contributed by atoms with Gasteiger partial charge in [-0.25, -0.2) is 0 Å². The van der Waals surface area contributed by atoms with E-state index in [9.17, 15) is 0 Å². The Hall–Kier alpha value is -2.08. The molecule has 0 amide bonds. The Morgan fingerprint density at radius 3 is 2.58 bits per heavy atom. The second kappa shape index (κ2) is 6.91. The van der Waals surface area contributed by atoms with Gasteiger partial charge in [0.25, 0.3) is 0 Å². The number of ether oxygens (including phenoxy) is 2. The maximum absolute atomic E-state index is 5.52. The Morgan fingerprint density at radius 2 is 1.85 bits per heavy atom. The molecule has 26 heavy (non-hydrogen) atoms. The van der Waals surface area contributed by atoms with Crippen molar-refractivity contribution in [3.05, 3.63) is 35.5 Å². The minimum Gasteiger partial charge on any atom is -0.454 e. The van der Waals surface area contributed by atoms with Crippen LogP contribution in [-0.2, 0) is 18.5 Å². The minimum atomic E-state index is -0.124. The van der Waals surface area contributed by atoms with E-state index in [4.69, 9.17) is 14.0 Å². The number of rotatable bonds is 5. The summed E-state index contributed by atoms with van der Waals surface area (Å²) in [7, 11) is 0. The van der Waals surface area contributed by atoms with Crippen LogP contribution >= 0.6 is 0 Å². The van der Waals surface area contributed by atoms with Gasteiger partial charge in [0.05, 0.1) is 6.54 Å². The van der Waals surface area contributed by atoms with Crippen LogP contribution in [-0.4, -0.2) is 27.9 Å². The Bertz CT molecular complexity index is 760. The minimum absolute atomic E-state index is 0.124. The summed E-state index contributed by atoms with van der Waals surface area (Å²) in [5.41, 5.74) is 1.10. The molecule has 2 aromatic rings. The van der Waals surface area contributed by atoms with Gasteiger partial charge in [-0.2, -0.15) is 4.98 Å². The molecule has 0 atom stereocenters. The van der Waals surface area contributed by atoms with Crippen molar-refractivity contribution in [2.24, 2.45) is 0 Å². The topological polar surface area (TPSA) is 60.6 Å². The van der Waals surface area contributed by atoms with Gasteiger partial charge in [0.1, 0.15) is 0 Å². The zero-order valence-electron chi connectivity index (χ0n) is 15.8. The van der Waals surface area contributed by atoms with E-state index in [1.807, 2.05) is 6.07 Å². The van der Waals surface area contributed by atoms with E-state index in [0.29, 0.717) is 25.3 Å². The van der Waals surface area contributed by atoms with Crippen LogP contribution in [0.4, 0.5) is 0 Å². The normalized spacial score (nSPS) is 17.4. The zero-order valence-corrected chi connectivity index (χ0v) is 15.8. The van der Waals surface area contributed by atoms with Gasteiger partial charge in [0, 0.05) is 18.0 Å². The van der Waals surface area contributed by atoms with Crippen molar-refractivity contribution in [2.45, 2.75) is 71.0 Å². The van der Waals surface area contributed by atoms with Crippen LogP contribution in [0.5, 0.6) is 11.5 Å². The van der Waals surface area contributed by atoms with Crippen LogP contribution in [0.2, 0.25) is 0 Å². The van der Waals surface area contributed by atoms with E-state index >= 15 is 0 Å². The fourth-order valence-corrected chi connectivity index (χ4v) is 3.66. The first-order valence-corrected chi connectivity index (χ1v) is 9.45. The van der Waals surface area contributed by atoms with E-state index < -0.39 is 0 Å². The Balaban J connectivity index is 1.52. The molecule has 0 spiro atoms. The van der Waals surface area contributed by atoms with Crippen LogP contribution in [0.15, 0.2) is 22.7 Å². The summed E-state index contributed by atoms with van der Waals surface area (Å²) in [4.78, 5) is 7.10. The van der Waals surface area contributed by atoms with E-state index in [1.54, 1.807) is 0 Å². The second-order valence-electron chi connectivity index (χ2n) is 8.30. The van der Waals surface area contributed by atoms with E-state index in [2.05, 4.69) is 47.9 Å². The highest BCUT2D eigenvalue weighted by molar-refractivity contribution is 5.44. The summed E-state index contributed by atoms with van der Waals surface area (Å²) in [6.45, 7) is 8.13. The molecule has 1 aliphatic heterocycles. The molecule has 1 fully saturated rings. The highest BCUT2D eigenvalue weighted by Gasteiger charge is 2.27. The molecule has 1 aromatic heterocycles. The first kappa shape index (κ1) is 17.3. The molecule has 1 saturated carbocycles. The zero-order chi connectivity index (χ0) is 18.1. The quantitative estimate of drug-likeness (QED) is 0.805. The van der Waals surface area contributed by atoms with Crippen molar-refractivity contribution >= 4 is 0 Å². The standard InChI is InChI=1S/C20H27N3O3/c1-20(2,3)19-21-18(22-26-19)12-23(15-6-4-5-7-15)11-14-8-9-16-17(10-14)25-13-24-16/h8-10,15H,4-7,11-13H2,1-3H3. The van der Waals surface area contributed by atoms with Crippen LogP contribution in [0, 0.1) is 0 Å². The van der Waals surface area contributed by atoms with Gasteiger partial charge in [-0.3, -0.25) is 4.90 Å². The highest BCUT2D eigenvalue weighted by atomic mass is 16.7. The Labute approximate surface area is 154 Å². The van der Waals surface area contributed by atoms with Crippen LogP contribution in [0.25, 0.3) is 0 Å². The molecule has 0 radical (unpaired) electrons. The molecule has 4 rings (SSSR count). The molecule has 2 aliphatic rings. The van der Waals surface area contributed by atoms with Gasteiger partial charge < -0.3 is 14.0 Å². The molecule has 1 aromatic carbocycles. The lowest BCUT2D eigenvalue weighted by Gasteiger charge is -2.27. The molecule has 140 valence electrons. The van der Waals surface area contributed by atoms with Crippen molar-refractivity contribution in [1.82, 2.24) is 15.0 Å². The predicted octanol–water partition coefficient (Wildman–Crippen LogP) is 4.04. The smallest absolute Gasteiger partial charge is 0.232 e. The SMILES string of the molecule is CC(C)(C)c1nc(CN(Cc2ccc3c(c2)OCO3)C2CCCC2)no1. The summed E-state index contributed by atoms with van der Waals surface area (Å²) in [6.07, 6.45) is 5.05. The number of fused-ring (bicyclic) bond motifs is 1. The summed E-state index contributed by atoms with van der Waals surface area (Å²) in [6, 6.07) is 6.77. The first-order chi connectivity index (χ1) is 12.5. The number of benzene rings is 1. The molecule has 0 bridgehead atoms. The summed E-state index contributed by atoms with van der Waals surface area (Å²) < 4.78 is 16.4. The number of hydrogen-bond acceptors (Lipinski definition) is 6. The molecule has 1 aliphatic carbocycles. The van der Waals surface area contributed by atoms with Gasteiger partial charge >= 0.3 is 0 Å². The van der Waals surface area contributed by atoms with Gasteiger partial charge in [0.2, 0.25) is 12.7 Å². The van der Waals surface area contributed by atoms with Gasteiger partial charge in [0.15, 0.2) is 17.3 Å². The Kier molecular flexibility index (Phi) is 4.61. The molecule has 0 unspecified atom stereocenters. The van der Waals surface area contributed by atoms with Crippen LogP contribution < -0.4 is 9.47 Å². The maximum Gasteiger partial charge on any atom is 0.232 e. The van der Waals surface area contributed by atoms with Crippen molar-refractivity contribution < 1.29 is 14.0 Å². The lowest BCUT2D eigenvalue weighted by atomic mass is 9.97. The third-order valence-electron chi connectivity index (χ3n) is 5.12. The van der Waals surface area contributed by atoms with Crippen molar-refractivity contribution in [1.29, 1.82) is 0 Å². The number of nitrogens with zero attached hydrogens (tertiary/aromatic N) is 3. The average molecular weight is 357 g/mol. The van der Waals surface area contributed by atoms with Crippen LogP contribution in [0.1, 0.15) is 63.7 Å². The average Bonchev–Trinajstić information content (AvgIpc) is 3.34. The maximum atomic E-state index is 5.52. The fraction of sp³-hybridized carbons (Fsp3) is 0.600. The molecular weight excluding hydrogens is 330 g/mol. The predicted molar refractivity (Wildman–Crippen MR) is 97.1 cm³/mol. The van der Waals surface area contributed by atoms with E-state index in [1.165, 1.54) is 31.2 Å². The lowest BCUT2D eigenvalue weighted by molar-refractivity contribution is 0.171. The number of hydrogen-bond donors (Lipinski definition) is 0. The summed E-state index contributed by atoms with van der Waals surface area (Å²) in [5.74, 6) is 3.13. The second-order valence-corrected chi connectivity index (χ2v) is 8.30. The lowest BCUT2D eigenvalue weighted by Crippen LogP contribution is -2.32. The fourth-order valence-electron chi connectivity index (χ4n) is 3.66. The summed E-state index contributed by atoms with van der Waals surface area (Å²) >= 11 is 0.